The monoisotopic (exact) mass is 350 g/mol. The normalized spacial score (nSPS) is 20.0. The van der Waals surface area contributed by atoms with Gasteiger partial charge in [-0.05, 0) is 38.2 Å². The van der Waals surface area contributed by atoms with Gasteiger partial charge in [-0.3, -0.25) is 4.79 Å². The molecule has 0 aliphatic heterocycles. The van der Waals surface area contributed by atoms with Crippen LogP contribution < -0.4 is 5.32 Å². The average molecular weight is 350 g/mol. The summed E-state index contributed by atoms with van der Waals surface area (Å²) in [7, 11) is 1.28. The van der Waals surface area contributed by atoms with Crippen molar-refractivity contribution >= 4 is 17.8 Å². The van der Waals surface area contributed by atoms with E-state index in [0.29, 0.717) is 22.7 Å². The number of nitrogens with one attached hydrogen (secondary N) is 2. The SMILES string of the molecule is COC(=O)c1c(C)[nH]c(C(=O)OCC(=O)N[C@@H]2CCCC[C@@H]2C)c1C. The topological polar surface area (TPSA) is 97.5 Å². The van der Waals surface area contributed by atoms with Crippen molar-refractivity contribution in [2.75, 3.05) is 13.7 Å². The summed E-state index contributed by atoms with van der Waals surface area (Å²) >= 11 is 0. The molecular weight excluding hydrogens is 324 g/mol. The number of carbonyl (C=O) groups excluding carboxylic acids is 3. The lowest BCUT2D eigenvalue weighted by atomic mass is 9.86. The van der Waals surface area contributed by atoms with Crippen LogP contribution in [0.4, 0.5) is 0 Å². The van der Waals surface area contributed by atoms with Crippen LogP contribution in [0.15, 0.2) is 0 Å². The third kappa shape index (κ3) is 4.41. The largest absolute Gasteiger partial charge is 0.465 e. The van der Waals surface area contributed by atoms with Gasteiger partial charge in [-0.1, -0.05) is 19.8 Å². The zero-order chi connectivity index (χ0) is 18.6. The molecule has 1 aliphatic carbocycles. The second kappa shape index (κ2) is 8.18. The fourth-order valence-electron chi connectivity index (χ4n) is 3.34. The first kappa shape index (κ1) is 19.0. The first-order chi connectivity index (χ1) is 11.8. The average Bonchev–Trinajstić information content (AvgIpc) is 2.88. The van der Waals surface area contributed by atoms with Crippen LogP contribution in [0.1, 0.15) is 64.7 Å². The molecule has 0 unspecified atom stereocenters. The van der Waals surface area contributed by atoms with E-state index in [1.54, 1.807) is 13.8 Å². The molecule has 0 spiro atoms. The summed E-state index contributed by atoms with van der Waals surface area (Å²) < 4.78 is 9.80. The Kier molecular flexibility index (Phi) is 6.22. The van der Waals surface area contributed by atoms with Gasteiger partial charge >= 0.3 is 11.9 Å². The number of amides is 1. The molecule has 1 heterocycles. The Labute approximate surface area is 147 Å². The Morgan fingerprint density at radius 3 is 2.48 bits per heavy atom. The number of carbonyl (C=O) groups is 3. The van der Waals surface area contributed by atoms with Gasteiger partial charge in [0.1, 0.15) is 5.69 Å². The maximum atomic E-state index is 12.2. The molecule has 0 aromatic carbocycles. The number of H-pyrrole nitrogens is 1. The first-order valence-corrected chi connectivity index (χ1v) is 8.59. The number of aromatic nitrogens is 1. The summed E-state index contributed by atoms with van der Waals surface area (Å²) in [5.74, 6) is -1.05. The molecule has 2 N–H and O–H groups in total. The van der Waals surface area contributed by atoms with Crippen LogP contribution in [0, 0.1) is 19.8 Å². The number of aromatic amines is 1. The predicted octanol–water partition coefficient (Wildman–Crippen LogP) is 2.27. The summed E-state index contributed by atoms with van der Waals surface area (Å²) in [5, 5.41) is 2.93. The summed E-state index contributed by atoms with van der Waals surface area (Å²) in [6.07, 6.45) is 4.35. The zero-order valence-corrected chi connectivity index (χ0v) is 15.2. The van der Waals surface area contributed by atoms with Gasteiger partial charge in [-0.15, -0.1) is 0 Å². The fourth-order valence-corrected chi connectivity index (χ4v) is 3.34. The van der Waals surface area contributed by atoms with E-state index in [9.17, 15) is 14.4 Å². The molecule has 1 saturated carbocycles. The van der Waals surface area contributed by atoms with Gasteiger partial charge in [0, 0.05) is 11.7 Å². The van der Waals surface area contributed by atoms with Crippen molar-refractivity contribution in [2.45, 2.75) is 52.5 Å². The molecule has 1 amide bonds. The van der Waals surface area contributed by atoms with E-state index in [0.717, 1.165) is 19.3 Å². The molecule has 1 aliphatic rings. The molecule has 0 radical (unpaired) electrons. The van der Waals surface area contributed by atoms with Crippen molar-refractivity contribution in [3.63, 3.8) is 0 Å². The van der Waals surface area contributed by atoms with E-state index < -0.39 is 11.9 Å². The lowest BCUT2D eigenvalue weighted by Gasteiger charge is -2.29. The number of hydrogen-bond acceptors (Lipinski definition) is 5. The lowest BCUT2D eigenvalue weighted by Crippen LogP contribution is -2.42. The predicted molar refractivity (Wildman–Crippen MR) is 91.5 cm³/mol. The Balaban J connectivity index is 1.94. The Hall–Kier alpha value is -2.31. The van der Waals surface area contributed by atoms with E-state index in [1.807, 2.05) is 0 Å². The van der Waals surface area contributed by atoms with E-state index in [4.69, 9.17) is 9.47 Å². The third-order valence-corrected chi connectivity index (χ3v) is 4.82. The number of hydrogen-bond donors (Lipinski definition) is 2. The molecule has 2 atom stereocenters. The molecular formula is C18H26N2O5. The van der Waals surface area contributed by atoms with Crippen molar-refractivity contribution < 1.29 is 23.9 Å². The molecule has 0 saturated heterocycles. The molecule has 0 bridgehead atoms. The first-order valence-electron chi connectivity index (χ1n) is 8.59. The van der Waals surface area contributed by atoms with Crippen LogP contribution in [-0.2, 0) is 14.3 Å². The second-order valence-corrected chi connectivity index (χ2v) is 6.63. The molecule has 7 heteroatoms. The van der Waals surface area contributed by atoms with E-state index in [1.165, 1.54) is 13.5 Å². The lowest BCUT2D eigenvalue weighted by molar-refractivity contribution is -0.125. The van der Waals surface area contributed by atoms with Gasteiger partial charge in [0.25, 0.3) is 5.91 Å². The summed E-state index contributed by atoms with van der Waals surface area (Å²) in [5.41, 5.74) is 1.46. The standard InChI is InChI=1S/C18H26N2O5/c1-10-7-5-6-8-13(10)20-14(21)9-25-18(23)16-11(2)15(12(3)19-16)17(22)24-4/h10,13,19H,5-9H2,1-4H3,(H,20,21)/t10-,13+/m0/s1. The minimum Gasteiger partial charge on any atom is -0.465 e. The van der Waals surface area contributed by atoms with Crippen molar-refractivity contribution in [3.8, 4) is 0 Å². The number of ether oxygens (including phenoxy) is 2. The minimum absolute atomic E-state index is 0.139. The van der Waals surface area contributed by atoms with Crippen molar-refractivity contribution in [3.05, 3.63) is 22.5 Å². The molecule has 138 valence electrons. The Bertz CT molecular complexity index is 665. The molecule has 1 aromatic rings. The van der Waals surface area contributed by atoms with Gasteiger partial charge in [-0.2, -0.15) is 0 Å². The third-order valence-electron chi connectivity index (χ3n) is 4.82. The highest BCUT2D eigenvalue weighted by atomic mass is 16.5. The molecule has 1 aromatic heterocycles. The number of aryl methyl sites for hydroxylation is 1. The molecule has 25 heavy (non-hydrogen) atoms. The zero-order valence-electron chi connectivity index (χ0n) is 15.2. The summed E-state index contributed by atoms with van der Waals surface area (Å²) in [4.78, 5) is 38.8. The van der Waals surface area contributed by atoms with Crippen LogP contribution in [-0.4, -0.2) is 42.6 Å². The quantitative estimate of drug-likeness (QED) is 0.794. The summed E-state index contributed by atoms with van der Waals surface area (Å²) in [6.45, 7) is 5.09. The van der Waals surface area contributed by atoms with Gasteiger partial charge < -0.3 is 19.8 Å². The fraction of sp³-hybridized carbons (Fsp3) is 0.611. The minimum atomic E-state index is -0.664. The molecule has 7 nitrogen and oxygen atoms in total. The number of esters is 2. The van der Waals surface area contributed by atoms with E-state index in [-0.39, 0.29) is 24.2 Å². The maximum Gasteiger partial charge on any atom is 0.355 e. The smallest absolute Gasteiger partial charge is 0.355 e. The van der Waals surface area contributed by atoms with Crippen LogP contribution in [0.5, 0.6) is 0 Å². The van der Waals surface area contributed by atoms with Gasteiger partial charge in [0.05, 0.1) is 12.7 Å². The van der Waals surface area contributed by atoms with Crippen molar-refractivity contribution in [2.24, 2.45) is 5.92 Å². The highest BCUT2D eigenvalue weighted by molar-refractivity contribution is 5.99. The second-order valence-electron chi connectivity index (χ2n) is 6.63. The van der Waals surface area contributed by atoms with Gasteiger partial charge in [0.2, 0.25) is 0 Å². The molecule has 2 rings (SSSR count). The van der Waals surface area contributed by atoms with E-state index >= 15 is 0 Å². The van der Waals surface area contributed by atoms with Crippen LogP contribution in [0.25, 0.3) is 0 Å². The Morgan fingerprint density at radius 1 is 1.16 bits per heavy atom. The number of rotatable bonds is 5. The molecule has 1 fully saturated rings. The Morgan fingerprint density at radius 2 is 1.84 bits per heavy atom. The summed E-state index contributed by atoms with van der Waals surface area (Å²) in [6, 6.07) is 0.139. The number of methoxy groups -OCH3 is 1. The highest BCUT2D eigenvalue weighted by Gasteiger charge is 2.25. The van der Waals surface area contributed by atoms with Crippen LogP contribution >= 0.6 is 0 Å². The van der Waals surface area contributed by atoms with Crippen LogP contribution in [0.2, 0.25) is 0 Å². The van der Waals surface area contributed by atoms with Crippen molar-refractivity contribution in [1.29, 1.82) is 0 Å². The highest BCUT2D eigenvalue weighted by Crippen LogP contribution is 2.23. The van der Waals surface area contributed by atoms with Gasteiger partial charge in [0.15, 0.2) is 6.61 Å². The van der Waals surface area contributed by atoms with Crippen LogP contribution in [0.3, 0.4) is 0 Å². The maximum absolute atomic E-state index is 12.2. The van der Waals surface area contributed by atoms with E-state index in [2.05, 4.69) is 17.2 Å². The van der Waals surface area contributed by atoms with Gasteiger partial charge in [-0.25, -0.2) is 9.59 Å². The van der Waals surface area contributed by atoms with Crippen molar-refractivity contribution in [1.82, 2.24) is 10.3 Å².